The third kappa shape index (κ3) is 3.13. The number of thioether (sulfide) groups is 1. The van der Waals surface area contributed by atoms with Crippen LogP contribution in [0.4, 0.5) is 5.69 Å². The van der Waals surface area contributed by atoms with Crippen LogP contribution in [0.15, 0.2) is 18.5 Å². The maximum Gasteiger partial charge on any atom is 0.0443 e. The van der Waals surface area contributed by atoms with E-state index in [9.17, 15) is 0 Å². The van der Waals surface area contributed by atoms with E-state index in [0.717, 1.165) is 13.1 Å². The van der Waals surface area contributed by atoms with Crippen LogP contribution >= 0.6 is 11.8 Å². The highest BCUT2D eigenvalue weighted by atomic mass is 32.2. The number of pyridine rings is 1. The molecule has 17 heavy (non-hydrogen) atoms. The molecular formula is C13H21N3S. The molecule has 1 N–H and O–H groups in total. The second-order valence-corrected chi connectivity index (χ2v) is 5.56. The Morgan fingerprint density at radius 2 is 2.47 bits per heavy atom. The van der Waals surface area contributed by atoms with Crippen molar-refractivity contribution >= 4 is 17.4 Å². The summed E-state index contributed by atoms with van der Waals surface area (Å²) in [6.45, 7) is 4.04. The molecule has 1 unspecified atom stereocenters. The predicted octanol–water partition coefficient (Wildman–Crippen LogP) is 2.13. The molecule has 0 aromatic carbocycles. The van der Waals surface area contributed by atoms with Crippen molar-refractivity contribution in [2.75, 3.05) is 30.0 Å². The largest absolute Gasteiger partial charge is 0.370 e. The predicted molar refractivity (Wildman–Crippen MR) is 75.8 cm³/mol. The first-order valence-electron chi connectivity index (χ1n) is 6.27. The second kappa shape index (κ2) is 6.26. The van der Waals surface area contributed by atoms with E-state index in [1.165, 1.54) is 29.2 Å². The van der Waals surface area contributed by atoms with E-state index in [-0.39, 0.29) is 0 Å². The van der Waals surface area contributed by atoms with Gasteiger partial charge in [-0.05, 0) is 24.8 Å². The number of hydrogen-bond donors (Lipinski definition) is 1. The van der Waals surface area contributed by atoms with Gasteiger partial charge in [0.25, 0.3) is 0 Å². The lowest BCUT2D eigenvalue weighted by atomic mass is 10.1. The summed E-state index contributed by atoms with van der Waals surface area (Å²) in [7, 11) is 2.21. The van der Waals surface area contributed by atoms with Gasteiger partial charge in [0.1, 0.15) is 0 Å². The molecule has 2 heterocycles. The lowest BCUT2D eigenvalue weighted by Gasteiger charge is -2.28. The van der Waals surface area contributed by atoms with Gasteiger partial charge in [-0.25, -0.2) is 0 Å². The molecule has 0 aliphatic carbocycles. The molecule has 0 amide bonds. The van der Waals surface area contributed by atoms with Gasteiger partial charge in [-0.15, -0.1) is 0 Å². The average molecular weight is 251 g/mol. The molecule has 1 aliphatic heterocycles. The van der Waals surface area contributed by atoms with Crippen LogP contribution in [0, 0.1) is 0 Å². The molecular weight excluding hydrogens is 230 g/mol. The maximum absolute atomic E-state index is 4.24. The molecule has 1 fully saturated rings. The van der Waals surface area contributed by atoms with Gasteiger partial charge in [-0.3, -0.25) is 4.98 Å². The third-order valence-electron chi connectivity index (χ3n) is 3.28. The van der Waals surface area contributed by atoms with Crippen molar-refractivity contribution in [2.45, 2.75) is 25.9 Å². The first-order valence-corrected chi connectivity index (χ1v) is 7.42. The fourth-order valence-corrected chi connectivity index (χ4v) is 3.45. The monoisotopic (exact) mass is 251 g/mol. The minimum Gasteiger partial charge on any atom is -0.370 e. The fraction of sp³-hybridized carbons (Fsp3) is 0.615. The van der Waals surface area contributed by atoms with E-state index in [4.69, 9.17) is 0 Å². The van der Waals surface area contributed by atoms with Crippen molar-refractivity contribution in [2.24, 2.45) is 0 Å². The molecule has 1 aromatic rings. The van der Waals surface area contributed by atoms with E-state index in [0.29, 0.717) is 6.04 Å². The highest BCUT2D eigenvalue weighted by Gasteiger charge is 2.21. The zero-order chi connectivity index (χ0) is 12.1. The van der Waals surface area contributed by atoms with Gasteiger partial charge < -0.3 is 10.2 Å². The standard InChI is InChI=1S/C13H21N3S/c1-3-14-8-11-9-15-6-4-13(11)16(2)12-5-7-17-10-12/h4,6,9,12,14H,3,5,7-8,10H2,1-2H3. The normalized spacial score (nSPS) is 19.5. The number of hydrogen-bond acceptors (Lipinski definition) is 4. The summed E-state index contributed by atoms with van der Waals surface area (Å²) in [6, 6.07) is 2.82. The van der Waals surface area contributed by atoms with E-state index in [1.54, 1.807) is 0 Å². The lowest BCUT2D eigenvalue weighted by molar-refractivity contribution is 0.682. The summed E-state index contributed by atoms with van der Waals surface area (Å²) in [5.74, 6) is 2.54. The molecule has 94 valence electrons. The first kappa shape index (κ1) is 12.7. The van der Waals surface area contributed by atoms with Crippen LogP contribution in [-0.4, -0.2) is 36.1 Å². The molecule has 1 atom stereocenters. The van der Waals surface area contributed by atoms with Gasteiger partial charge in [0.2, 0.25) is 0 Å². The smallest absolute Gasteiger partial charge is 0.0443 e. The molecule has 3 nitrogen and oxygen atoms in total. The van der Waals surface area contributed by atoms with Crippen molar-refractivity contribution < 1.29 is 0 Å². The maximum atomic E-state index is 4.24. The minimum atomic E-state index is 0.683. The Bertz CT molecular complexity index is 350. The van der Waals surface area contributed by atoms with Gasteiger partial charge >= 0.3 is 0 Å². The molecule has 1 saturated heterocycles. The first-order chi connectivity index (χ1) is 8.33. The van der Waals surface area contributed by atoms with E-state index >= 15 is 0 Å². The number of nitrogens with one attached hydrogen (secondary N) is 1. The Morgan fingerprint density at radius 3 is 3.18 bits per heavy atom. The highest BCUT2D eigenvalue weighted by Crippen LogP contribution is 2.27. The van der Waals surface area contributed by atoms with Crippen molar-refractivity contribution in [3.8, 4) is 0 Å². The van der Waals surface area contributed by atoms with Gasteiger partial charge in [-0.1, -0.05) is 6.92 Å². The van der Waals surface area contributed by atoms with E-state index < -0.39 is 0 Å². The topological polar surface area (TPSA) is 28.2 Å². The van der Waals surface area contributed by atoms with Crippen molar-refractivity contribution in [3.05, 3.63) is 24.0 Å². The zero-order valence-corrected chi connectivity index (χ0v) is 11.5. The molecule has 0 radical (unpaired) electrons. The summed E-state index contributed by atoms with van der Waals surface area (Å²) in [4.78, 5) is 6.66. The Labute approximate surface area is 108 Å². The van der Waals surface area contributed by atoms with Crippen molar-refractivity contribution in [1.29, 1.82) is 0 Å². The Kier molecular flexibility index (Phi) is 4.68. The highest BCUT2D eigenvalue weighted by molar-refractivity contribution is 7.99. The van der Waals surface area contributed by atoms with Crippen LogP contribution in [0.25, 0.3) is 0 Å². The summed E-state index contributed by atoms with van der Waals surface area (Å²) < 4.78 is 0. The molecule has 1 aliphatic rings. The van der Waals surface area contributed by atoms with Crippen LogP contribution in [0.3, 0.4) is 0 Å². The molecule has 0 saturated carbocycles. The summed E-state index contributed by atoms with van der Waals surface area (Å²) in [6.07, 6.45) is 5.17. The Balaban J connectivity index is 2.12. The van der Waals surface area contributed by atoms with Crippen LogP contribution < -0.4 is 10.2 Å². The van der Waals surface area contributed by atoms with Gasteiger partial charge in [0.05, 0.1) is 0 Å². The van der Waals surface area contributed by atoms with E-state index in [2.05, 4.69) is 47.0 Å². The molecule has 4 heteroatoms. The second-order valence-electron chi connectivity index (χ2n) is 4.41. The van der Waals surface area contributed by atoms with Gasteiger partial charge in [-0.2, -0.15) is 11.8 Å². The summed E-state index contributed by atoms with van der Waals surface area (Å²) in [5.41, 5.74) is 2.63. The van der Waals surface area contributed by atoms with Crippen LogP contribution in [-0.2, 0) is 6.54 Å². The molecule has 1 aromatic heterocycles. The molecule has 0 bridgehead atoms. The molecule has 0 spiro atoms. The summed E-state index contributed by atoms with van der Waals surface area (Å²) in [5, 5.41) is 3.38. The Hall–Kier alpha value is -0.740. The van der Waals surface area contributed by atoms with Gasteiger partial charge in [0, 0.05) is 49.0 Å². The number of rotatable bonds is 5. The number of aromatic nitrogens is 1. The quantitative estimate of drug-likeness (QED) is 0.868. The molecule has 2 rings (SSSR count). The van der Waals surface area contributed by atoms with E-state index in [1.807, 2.05) is 12.4 Å². The fourth-order valence-electron chi connectivity index (χ4n) is 2.18. The van der Waals surface area contributed by atoms with Crippen LogP contribution in [0.2, 0.25) is 0 Å². The van der Waals surface area contributed by atoms with Crippen molar-refractivity contribution in [1.82, 2.24) is 10.3 Å². The van der Waals surface area contributed by atoms with Crippen LogP contribution in [0.5, 0.6) is 0 Å². The zero-order valence-electron chi connectivity index (χ0n) is 10.6. The average Bonchev–Trinajstić information content (AvgIpc) is 2.89. The third-order valence-corrected chi connectivity index (χ3v) is 4.42. The SMILES string of the molecule is CCNCc1cnccc1N(C)C1CCSC1. The van der Waals surface area contributed by atoms with Gasteiger partial charge in [0.15, 0.2) is 0 Å². The number of anilines is 1. The van der Waals surface area contributed by atoms with Crippen LogP contribution in [0.1, 0.15) is 18.9 Å². The number of nitrogens with zero attached hydrogens (tertiary/aromatic N) is 2. The Morgan fingerprint density at radius 1 is 1.59 bits per heavy atom. The lowest BCUT2D eigenvalue weighted by Crippen LogP contribution is -2.32. The van der Waals surface area contributed by atoms with Crippen molar-refractivity contribution in [3.63, 3.8) is 0 Å². The minimum absolute atomic E-state index is 0.683. The summed E-state index contributed by atoms with van der Waals surface area (Å²) >= 11 is 2.06.